The second-order valence-electron chi connectivity index (χ2n) is 5.13. The fraction of sp³-hybridized carbons (Fsp3) is 0.133. The van der Waals surface area contributed by atoms with E-state index in [4.69, 9.17) is 11.6 Å². The molecule has 0 atom stereocenters. The van der Waals surface area contributed by atoms with Gasteiger partial charge in [0.05, 0.1) is 5.69 Å². The van der Waals surface area contributed by atoms with E-state index in [1.807, 2.05) is 38.1 Å². The molecule has 0 amide bonds. The minimum absolute atomic E-state index is 0.0534. The van der Waals surface area contributed by atoms with Crippen LogP contribution in [0, 0.1) is 13.8 Å². The Kier molecular flexibility index (Phi) is 3.68. The summed E-state index contributed by atoms with van der Waals surface area (Å²) in [6.45, 7) is 3.79. The molecule has 1 heterocycles. The Hall–Kier alpha value is -1.89. The average molecular weight is 336 g/mol. The van der Waals surface area contributed by atoms with Crippen LogP contribution in [0.25, 0.3) is 0 Å². The van der Waals surface area contributed by atoms with Gasteiger partial charge in [0, 0.05) is 10.6 Å². The number of fused-ring (bicyclic) bond motifs is 1. The molecule has 0 aliphatic carbocycles. The van der Waals surface area contributed by atoms with Crippen molar-refractivity contribution in [2.45, 2.75) is 18.7 Å². The Morgan fingerprint density at radius 2 is 1.77 bits per heavy atom. The van der Waals surface area contributed by atoms with E-state index in [1.165, 1.54) is 6.07 Å². The maximum atomic E-state index is 12.3. The third kappa shape index (κ3) is 2.72. The normalized spacial score (nSPS) is 16.2. The lowest BCUT2D eigenvalue weighted by molar-refractivity contribution is 0.579. The summed E-state index contributed by atoms with van der Waals surface area (Å²) in [4.78, 5) is 6.81. The van der Waals surface area contributed by atoms with Gasteiger partial charge in [-0.25, -0.2) is 13.4 Å². The Morgan fingerprint density at radius 1 is 1.09 bits per heavy atom. The van der Waals surface area contributed by atoms with Crippen LogP contribution < -0.4 is 10.3 Å². The van der Waals surface area contributed by atoms with Crippen LogP contribution in [-0.2, 0) is 10.0 Å². The first-order valence-electron chi connectivity index (χ1n) is 6.60. The van der Waals surface area contributed by atoms with Crippen molar-refractivity contribution in [1.29, 1.82) is 0 Å². The summed E-state index contributed by atoms with van der Waals surface area (Å²) in [5.41, 5.74) is 5.69. The zero-order valence-electron chi connectivity index (χ0n) is 12.0. The lowest BCUT2D eigenvalue weighted by Gasteiger charge is -2.08. The first-order valence-corrected chi connectivity index (χ1v) is 8.46. The Labute approximate surface area is 134 Å². The molecule has 0 spiro atoms. The maximum absolute atomic E-state index is 12.3. The quantitative estimate of drug-likeness (QED) is 0.841. The number of nitrogens with zero attached hydrogens (tertiary/aromatic N) is 1. The van der Waals surface area contributed by atoms with Crippen molar-refractivity contribution in [2.24, 2.45) is 4.99 Å². The van der Waals surface area contributed by atoms with Gasteiger partial charge in [0.15, 0.2) is 0 Å². The number of halogens is 1. The van der Waals surface area contributed by atoms with Gasteiger partial charge < -0.3 is 0 Å². The van der Waals surface area contributed by atoms with E-state index in [9.17, 15) is 8.42 Å². The van der Waals surface area contributed by atoms with Crippen molar-refractivity contribution in [3.63, 3.8) is 0 Å². The molecule has 2 aromatic carbocycles. The highest BCUT2D eigenvalue weighted by molar-refractivity contribution is 7.89. The van der Waals surface area contributed by atoms with E-state index in [0.29, 0.717) is 16.5 Å². The van der Waals surface area contributed by atoms with E-state index >= 15 is 0 Å². The summed E-state index contributed by atoms with van der Waals surface area (Å²) in [5, 5.41) is 0.387. The van der Waals surface area contributed by atoms with Crippen LogP contribution in [0.2, 0.25) is 5.02 Å². The number of hydrogen-bond donors (Lipinski definition) is 2. The molecule has 3 rings (SSSR count). The molecule has 1 aliphatic heterocycles. The van der Waals surface area contributed by atoms with Crippen molar-refractivity contribution < 1.29 is 8.42 Å². The lowest BCUT2D eigenvalue weighted by atomic mass is 10.1. The smallest absolute Gasteiger partial charge is 0.259 e. The first kappa shape index (κ1) is 15.0. The van der Waals surface area contributed by atoms with E-state index in [2.05, 4.69) is 15.2 Å². The highest BCUT2D eigenvalue weighted by Crippen LogP contribution is 2.31. The average Bonchev–Trinajstić information content (AvgIpc) is 2.59. The summed E-state index contributed by atoms with van der Waals surface area (Å²) in [5.74, 6) is 0.434. The standard InChI is InChI=1S/C15H14ClN3O2S/c1-9-3-5-11(6-4-9)15-17-13-7-10(2)12(16)8-14(13)22(20,21)19-18-15/h3-8,19H,1-2H3,(H,17,18). The SMILES string of the molecule is Cc1ccc(C2=Nc3cc(C)c(Cl)cc3S(=O)(=O)NN2)cc1. The Morgan fingerprint density at radius 3 is 2.45 bits per heavy atom. The number of nitrogens with one attached hydrogen (secondary N) is 2. The molecule has 22 heavy (non-hydrogen) atoms. The van der Waals surface area contributed by atoms with Crippen LogP contribution in [0.1, 0.15) is 16.7 Å². The summed E-state index contributed by atoms with van der Waals surface area (Å²) >= 11 is 6.04. The van der Waals surface area contributed by atoms with E-state index < -0.39 is 10.0 Å². The largest absolute Gasteiger partial charge is 0.291 e. The van der Waals surface area contributed by atoms with Crippen LogP contribution in [0.15, 0.2) is 46.3 Å². The first-order chi connectivity index (χ1) is 10.4. The van der Waals surface area contributed by atoms with Gasteiger partial charge in [0.1, 0.15) is 10.7 Å². The molecular weight excluding hydrogens is 322 g/mol. The zero-order chi connectivity index (χ0) is 15.9. The van der Waals surface area contributed by atoms with Gasteiger partial charge in [-0.05, 0) is 31.5 Å². The van der Waals surface area contributed by atoms with E-state index in [0.717, 1.165) is 16.7 Å². The third-order valence-electron chi connectivity index (χ3n) is 3.39. The van der Waals surface area contributed by atoms with Crippen molar-refractivity contribution in [1.82, 2.24) is 10.3 Å². The Bertz CT molecular complexity index is 874. The summed E-state index contributed by atoms with van der Waals surface area (Å²) in [6, 6.07) is 10.7. The van der Waals surface area contributed by atoms with Crippen LogP contribution in [-0.4, -0.2) is 14.3 Å². The van der Waals surface area contributed by atoms with Crippen molar-refractivity contribution >= 4 is 33.1 Å². The summed E-state index contributed by atoms with van der Waals surface area (Å²) in [7, 11) is -3.73. The molecular formula is C15H14ClN3O2S. The van der Waals surface area contributed by atoms with Crippen molar-refractivity contribution in [3.05, 3.63) is 58.1 Å². The number of rotatable bonds is 1. The molecule has 7 heteroatoms. The number of benzene rings is 2. The molecule has 0 fully saturated rings. The number of sulfonamides is 1. The van der Waals surface area contributed by atoms with Crippen molar-refractivity contribution in [3.8, 4) is 0 Å². The number of aryl methyl sites for hydroxylation is 2. The molecule has 2 N–H and O–H groups in total. The van der Waals surface area contributed by atoms with Crippen LogP contribution >= 0.6 is 11.6 Å². The van der Waals surface area contributed by atoms with Crippen LogP contribution in [0.3, 0.4) is 0 Å². The summed E-state index contributed by atoms with van der Waals surface area (Å²) < 4.78 is 24.6. The third-order valence-corrected chi connectivity index (χ3v) is 5.07. The van der Waals surface area contributed by atoms with E-state index in [1.54, 1.807) is 6.07 Å². The fourth-order valence-corrected chi connectivity index (χ4v) is 3.34. The van der Waals surface area contributed by atoms with Gasteiger partial charge in [-0.2, -0.15) is 0 Å². The molecule has 0 unspecified atom stereocenters. The molecule has 2 aromatic rings. The second-order valence-corrected chi connectivity index (χ2v) is 7.18. The predicted molar refractivity (Wildman–Crippen MR) is 87.0 cm³/mol. The number of hydrogen-bond acceptors (Lipinski definition) is 4. The predicted octanol–water partition coefficient (Wildman–Crippen LogP) is 2.83. The number of amidine groups is 1. The van der Waals surface area contributed by atoms with Crippen LogP contribution in [0.5, 0.6) is 0 Å². The molecule has 0 radical (unpaired) electrons. The molecule has 114 valence electrons. The van der Waals surface area contributed by atoms with Gasteiger partial charge in [0.25, 0.3) is 10.0 Å². The van der Waals surface area contributed by atoms with Gasteiger partial charge in [-0.3, -0.25) is 5.43 Å². The minimum atomic E-state index is -3.73. The number of hydrazine groups is 1. The van der Waals surface area contributed by atoms with Gasteiger partial charge >= 0.3 is 0 Å². The Balaban J connectivity index is 2.18. The van der Waals surface area contributed by atoms with Gasteiger partial charge in [0.2, 0.25) is 0 Å². The molecule has 1 aliphatic rings. The highest BCUT2D eigenvalue weighted by Gasteiger charge is 2.24. The maximum Gasteiger partial charge on any atom is 0.259 e. The van der Waals surface area contributed by atoms with Gasteiger partial charge in [-0.15, -0.1) is 4.83 Å². The molecule has 0 saturated heterocycles. The molecule has 0 aromatic heterocycles. The topological polar surface area (TPSA) is 70.6 Å². The minimum Gasteiger partial charge on any atom is -0.291 e. The monoisotopic (exact) mass is 335 g/mol. The van der Waals surface area contributed by atoms with E-state index in [-0.39, 0.29) is 4.90 Å². The molecule has 0 bridgehead atoms. The summed E-state index contributed by atoms with van der Waals surface area (Å²) in [6.07, 6.45) is 0. The van der Waals surface area contributed by atoms with Crippen LogP contribution in [0.4, 0.5) is 5.69 Å². The van der Waals surface area contributed by atoms with Gasteiger partial charge in [-0.1, -0.05) is 41.4 Å². The van der Waals surface area contributed by atoms with Crippen molar-refractivity contribution in [2.75, 3.05) is 0 Å². The number of aliphatic imine (C=N–C) groups is 1. The second kappa shape index (κ2) is 5.39. The lowest BCUT2D eigenvalue weighted by Crippen LogP contribution is -2.40. The highest BCUT2D eigenvalue weighted by atomic mass is 35.5. The molecule has 5 nitrogen and oxygen atoms in total. The fourth-order valence-electron chi connectivity index (χ4n) is 2.12. The zero-order valence-corrected chi connectivity index (χ0v) is 13.6. The molecule has 0 saturated carbocycles.